The first kappa shape index (κ1) is 22.3. The number of nitrogens with zero attached hydrogens (tertiary/aromatic N) is 2. The topological polar surface area (TPSA) is 48.9 Å². The second-order valence-electron chi connectivity index (χ2n) is 6.78. The van der Waals surface area contributed by atoms with Crippen molar-refractivity contribution in [2.75, 3.05) is 38.2 Å². The van der Waals surface area contributed by atoms with Crippen LogP contribution in [0, 0.1) is 0 Å². The van der Waals surface area contributed by atoms with E-state index in [-0.39, 0.29) is 24.0 Å². The third-order valence-corrected chi connectivity index (χ3v) is 4.75. The van der Waals surface area contributed by atoms with E-state index in [0.29, 0.717) is 6.04 Å². The molecule has 2 aromatic rings. The summed E-state index contributed by atoms with van der Waals surface area (Å²) in [7, 11) is 1.83. The summed E-state index contributed by atoms with van der Waals surface area (Å²) < 4.78 is 5.72. The van der Waals surface area contributed by atoms with E-state index in [1.54, 1.807) is 0 Å². The van der Waals surface area contributed by atoms with Gasteiger partial charge in [-0.2, -0.15) is 0 Å². The zero-order valence-electron chi connectivity index (χ0n) is 16.5. The van der Waals surface area contributed by atoms with Crippen molar-refractivity contribution in [3.63, 3.8) is 0 Å². The maximum atomic E-state index is 5.72. The first-order valence-corrected chi connectivity index (χ1v) is 9.80. The summed E-state index contributed by atoms with van der Waals surface area (Å²) in [6, 6.07) is 21.0. The first-order chi connectivity index (χ1) is 13.3. The number of halogens is 1. The van der Waals surface area contributed by atoms with E-state index < -0.39 is 0 Å². The van der Waals surface area contributed by atoms with Crippen LogP contribution in [0.1, 0.15) is 19.3 Å². The Morgan fingerprint density at radius 3 is 2.50 bits per heavy atom. The van der Waals surface area contributed by atoms with Gasteiger partial charge >= 0.3 is 0 Å². The van der Waals surface area contributed by atoms with Gasteiger partial charge in [0.2, 0.25) is 0 Å². The molecule has 0 amide bonds. The SMILES string of the molecule is CN=C(NCCCCOc1ccccc1)NC1CCN(c2ccccc2)C1.I. The number of benzene rings is 2. The summed E-state index contributed by atoms with van der Waals surface area (Å²) in [6.07, 6.45) is 3.19. The molecule has 0 radical (unpaired) electrons. The molecule has 1 saturated heterocycles. The van der Waals surface area contributed by atoms with Gasteiger partial charge in [0.05, 0.1) is 6.61 Å². The molecule has 1 unspecified atom stereocenters. The number of para-hydroxylation sites is 2. The van der Waals surface area contributed by atoms with Crippen LogP contribution in [0.2, 0.25) is 0 Å². The van der Waals surface area contributed by atoms with Gasteiger partial charge < -0.3 is 20.3 Å². The highest BCUT2D eigenvalue weighted by Crippen LogP contribution is 2.19. The molecule has 6 heteroatoms. The average Bonchev–Trinajstić information content (AvgIpc) is 3.19. The number of rotatable bonds is 8. The van der Waals surface area contributed by atoms with E-state index in [0.717, 1.165) is 57.2 Å². The minimum atomic E-state index is 0. The van der Waals surface area contributed by atoms with Crippen molar-refractivity contribution < 1.29 is 4.74 Å². The van der Waals surface area contributed by atoms with Gasteiger partial charge in [-0.1, -0.05) is 36.4 Å². The molecule has 5 nitrogen and oxygen atoms in total. The quantitative estimate of drug-likeness (QED) is 0.253. The molecule has 152 valence electrons. The maximum Gasteiger partial charge on any atom is 0.191 e. The monoisotopic (exact) mass is 494 g/mol. The highest BCUT2D eigenvalue weighted by atomic mass is 127. The van der Waals surface area contributed by atoms with Gasteiger partial charge in [-0.3, -0.25) is 4.99 Å². The standard InChI is InChI=1S/C22H30N4O.HI/c1-23-22(24-15-8-9-17-27-21-12-6-3-7-13-21)25-19-14-16-26(18-19)20-10-4-2-5-11-20;/h2-7,10-13,19H,8-9,14-18H2,1H3,(H2,23,24,25);1H. The van der Waals surface area contributed by atoms with Gasteiger partial charge in [0.25, 0.3) is 0 Å². The zero-order chi connectivity index (χ0) is 18.7. The number of guanidine groups is 1. The number of hydrogen-bond acceptors (Lipinski definition) is 3. The minimum Gasteiger partial charge on any atom is -0.494 e. The Kier molecular flexibility index (Phi) is 9.96. The van der Waals surface area contributed by atoms with E-state index >= 15 is 0 Å². The number of unbranched alkanes of at least 4 members (excludes halogenated alkanes) is 1. The van der Waals surface area contributed by atoms with Crippen LogP contribution in [-0.2, 0) is 0 Å². The molecule has 0 spiro atoms. The van der Waals surface area contributed by atoms with E-state index in [1.165, 1.54) is 5.69 Å². The lowest BCUT2D eigenvalue weighted by molar-refractivity contribution is 0.307. The van der Waals surface area contributed by atoms with Crippen LogP contribution in [0.25, 0.3) is 0 Å². The van der Waals surface area contributed by atoms with Crippen LogP contribution in [0.3, 0.4) is 0 Å². The predicted octanol–water partition coefficient (Wildman–Crippen LogP) is 3.91. The molecule has 0 saturated carbocycles. The molecule has 0 aromatic heterocycles. The van der Waals surface area contributed by atoms with Gasteiger partial charge in [-0.25, -0.2) is 0 Å². The summed E-state index contributed by atoms with van der Waals surface area (Å²) >= 11 is 0. The Morgan fingerprint density at radius 2 is 1.79 bits per heavy atom. The van der Waals surface area contributed by atoms with Gasteiger partial charge in [0.15, 0.2) is 5.96 Å². The summed E-state index contributed by atoms with van der Waals surface area (Å²) in [4.78, 5) is 6.78. The molecule has 1 fully saturated rings. The van der Waals surface area contributed by atoms with Crippen LogP contribution in [-0.4, -0.2) is 45.3 Å². The van der Waals surface area contributed by atoms with Crippen molar-refractivity contribution in [3.05, 3.63) is 60.7 Å². The highest BCUT2D eigenvalue weighted by Gasteiger charge is 2.23. The summed E-state index contributed by atoms with van der Waals surface area (Å²) in [6.45, 7) is 3.73. The molecule has 3 rings (SSSR count). The second kappa shape index (κ2) is 12.5. The largest absolute Gasteiger partial charge is 0.494 e. The lowest BCUT2D eigenvalue weighted by atomic mass is 10.2. The summed E-state index contributed by atoms with van der Waals surface area (Å²) in [5, 5.41) is 6.96. The smallest absolute Gasteiger partial charge is 0.191 e. The Bertz CT molecular complexity index is 696. The van der Waals surface area contributed by atoms with Crippen LogP contribution in [0.5, 0.6) is 5.75 Å². The maximum absolute atomic E-state index is 5.72. The van der Waals surface area contributed by atoms with E-state index in [1.807, 2.05) is 37.4 Å². The Labute approximate surface area is 185 Å². The van der Waals surface area contributed by atoms with Gasteiger partial charge in [-0.15, -0.1) is 24.0 Å². The zero-order valence-corrected chi connectivity index (χ0v) is 18.8. The molecule has 2 aromatic carbocycles. The van der Waals surface area contributed by atoms with E-state index in [9.17, 15) is 0 Å². The normalized spacial score (nSPS) is 16.4. The second-order valence-corrected chi connectivity index (χ2v) is 6.78. The van der Waals surface area contributed by atoms with Crippen molar-refractivity contribution in [3.8, 4) is 5.75 Å². The van der Waals surface area contributed by atoms with E-state index in [2.05, 4.69) is 50.9 Å². The lowest BCUT2D eigenvalue weighted by Gasteiger charge is -2.20. The number of ether oxygens (including phenoxy) is 1. The number of hydrogen-bond donors (Lipinski definition) is 2. The fraction of sp³-hybridized carbons (Fsp3) is 0.409. The van der Waals surface area contributed by atoms with Crippen molar-refractivity contribution in [1.29, 1.82) is 0 Å². The van der Waals surface area contributed by atoms with Crippen LogP contribution < -0.4 is 20.3 Å². The van der Waals surface area contributed by atoms with Crippen LogP contribution >= 0.6 is 24.0 Å². The fourth-order valence-electron chi connectivity index (χ4n) is 3.28. The number of aliphatic imine (C=N–C) groups is 1. The van der Waals surface area contributed by atoms with Crippen LogP contribution in [0.15, 0.2) is 65.7 Å². The number of anilines is 1. The molecule has 1 aliphatic heterocycles. The fourth-order valence-corrected chi connectivity index (χ4v) is 3.28. The molecular weight excluding hydrogens is 463 g/mol. The minimum absolute atomic E-state index is 0. The first-order valence-electron chi connectivity index (χ1n) is 9.80. The molecule has 1 atom stereocenters. The Hall–Kier alpha value is -1.96. The molecule has 1 heterocycles. The van der Waals surface area contributed by atoms with Crippen molar-refractivity contribution in [1.82, 2.24) is 10.6 Å². The Morgan fingerprint density at radius 1 is 1.07 bits per heavy atom. The summed E-state index contributed by atoms with van der Waals surface area (Å²) in [5.41, 5.74) is 1.29. The lowest BCUT2D eigenvalue weighted by Crippen LogP contribution is -2.44. The van der Waals surface area contributed by atoms with Gasteiger partial charge in [0, 0.05) is 38.4 Å². The van der Waals surface area contributed by atoms with Crippen molar-refractivity contribution in [2.24, 2.45) is 4.99 Å². The Balaban J connectivity index is 0.00000280. The molecule has 0 aliphatic carbocycles. The third kappa shape index (κ3) is 7.22. The molecule has 1 aliphatic rings. The molecule has 2 N–H and O–H groups in total. The highest BCUT2D eigenvalue weighted by molar-refractivity contribution is 14.0. The number of nitrogens with one attached hydrogen (secondary N) is 2. The van der Waals surface area contributed by atoms with Crippen LogP contribution in [0.4, 0.5) is 5.69 Å². The van der Waals surface area contributed by atoms with Gasteiger partial charge in [0.1, 0.15) is 5.75 Å². The average molecular weight is 494 g/mol. The third-order valence-electron chi connectivity index (χ3n) is 4.75. The predicted molar refractivity (Wildman–Crippen MR) is 128 cm³/mol. The van der Waals surface area contributed by atoms with Crippen molar-refractivity contribution in [2.45, 2.75) is 25.3 Å². The van der Waals surface area contributed by atoms with Crippen molar-refractivity contribution >= 4 is 35.6 Å². The molecule has 28 heavy (non-hydrogen) atoms. The molecule has 0 bridgehead atoms. The van der Waals surface area contributed by atoms with Gasteiger partial charge in [-0.05, 0) is 43.5 Å². The van der Waals surface area contributed by atoms with E-state index in [4.69, 9.17) is 4.74 Å². The summed E-state index contributed by atoms with van der Waals surface area (Å²) in [5.74, 6) is 1.83. The molecular formula is C22H31IN4O.